The molecule has 11 heavy (non-hydrogen) atoms. The molecule has 6 heteroatoms. The first kappa shape index (κ1) is 8.61. The lowest BCUT2D eigenvalue weighted by atomic mass is 10.1. The van der Waals surface area contributed by atoms with Gasteiger partial charge in [-0.3, -0.25) is 4.79 Å². The third-order valence-electron chi connectivity index (χ3n) is 1.59. The maximum absolute atomic E-state index is 12.2. The molecule has 64 valence electrons. The Morgan fingerprint density at radius 2 is 1.73 bits per heavy atom. The van der Waals surface area contributed by atoms with Crippen LogP contribution in [0, 0.1) is 0 Å². The highest BCUT2D eigenvalue weighted by atomic mass is 32.3. The molecule has 0 aromatic rings. The number of nitrogens with zero attached hydrogens (tertiary/aromatic N) is 1. The lowest BCUT2D eigenvalue weighted by Crippen LogP contribution is -2.36. The molecule has 0 saturated carbocycles. The van der Waals surface area contributed by atoms with Gasteiger partial charge in [-0.25, -0.2) is 0 Å². The molecule has 0 radical (unpaired) electrons. The van der Waals surface area contributed by atoms with Crippen molar-refractivity contribution >= 4 is 16.2 Å². The van der Waals surface area contributed by atoms with E-state index in [4.69, 9.17) is 0 Å². The van der Waals surface area contributed by atoms with E-state index in [0.29, 0.717) is 4.31 Å². The second-order valence-electron chi connectivity index (χ2n) is 2.38. The Bertz CT molecular complexity index is 251. The zero-order chi connectivity index (χ0) is 8.48. The first-order valence-electron chi connectivity index (χ1n) is 3.21. The fourth-order valence-corrected chi connectivity index (χ4v) is 1.57. The quantitative estimate of drug-likeness (QED) is 0.529. The molecule has 0 unspecified atom stereocenters. The normalized spacial score (nSPS) is 22.1. The summed E-state index contributed by atoms with van der Waals surface area (Å²) in [6, 6.07) is 0. The van der Waals surface area contributed by atoms with Gasteiger partial charge in [-0.2, -0.15) is 12.7 Å². The van der Waals surface area contributed by atoms with E-state index in [0.717, 1.165) is 0 Å². The van der Waals surface area contributed by atoms with Gasteiger partial charge in [0.1, 0.15) is 5.78 Å². The molecular weight excluding hydrogens is 173 g/mol. The van der Waals surface area contributed by atoms with Crippen LogP contribution in [0.5, 0.6) is 0 Å². The monoisotopic (exact) mass is 181 g/mol. The Balaban J connectivity index is 2.60. The average Bonchev–Trinajstić information content (AvgIpc) is 1.86. The summed E-state index contributed by atoms with van der Waals surface area (Å²) in [7, 11) is -4.57. The molecule has 1 saturated heterocycles. The smallest absolute Gasteiger partial charge is 0.300 e. The van der Waals surface area contributed by atoms with E-state index in [-0.39, 0.29) is 31.7 Å². The van der Waals surface area contributed by atoms with E-state index in [9.17, 15) is 17.1 Å². The average molecular weight is 181 g/mol. The van der Waals surface area contributed by atoms with Crippen molar-refractivity contribution in [1.29, 1.82) is 0 Å². The van der Waals surface area contributed by atoms with Crippen LogP contribution in [-0.4, -0.2) is 31.6 Å². The van der Waals surface area contributed by atoms with Gasteiger partial charge in [0.25, 0.3) is 0 Å². The number of hydrogen-bond donors (Lipinski definition) is 0. The zero-order valence-electron chi connectivity index (χ0n) is 5.79. The van der Waals surface area contributed by atoms with Crippen LogP contribution in [0.2, 0.25) is 0 Å². The van der Waals surface area contributed by atoms with E-state index in [1.54, 1.807) is 0 Å². The second-order valence-corrected chi connectivity index (χ2v) is 3.72. The molecule has 0 spiro atoms. The molecule has 1 aliphatic rings. The summed E-state index contributed by atoms with van der Waals surface area (Å²) < 4.78 is 33.3. The van der Waals surface area contributed by atoms with Crippen molar-refractivity contribution in [3.05, 3.63) is 0 Å². The van der Waals surface area contributed by atoms with Gasteiger partial charge in [0.05, 0.1) is 0 Å². The highest BCUT2D eigenvalue weighted by molar-refractivity contribution is 7.83. The van der Waals surface area contributed by atoms with Crippen LogP contribution in [-0.2, 0) is 15.2 Å². The van der Waals surface area contributed by atoms with Gasteiger partial charge < -0.3 is 0 Å². The molecule has 0 atom stereocenters. The molecular formula is C5H8FNO3S. The summed E-state index contributed by atoms with van der Waals surface area (Å²) in [4.78, 5) is 10.6. The van der Waals surface area contributed by atoms with Gasteiger partial charge in [0.2, 0.25) is 0 Å². The minimum absolute atomic E-state index is 0.00935. The van der Waals surface area contributed by atoms with Crippen LogP contribution in [0.25, 0.3) is 0 Å². The van der Waals surface area contributed by atoms with Crippen LogP contribution < -0.4 is 0 Å². The van der Waals surface area contributed by atoms with Gasteiger partial charge in [0, 0.05) is 25.9 Å². The lowest BCUT2D eigenvalue weighted by Gasteiger charge is -2.20. The van der Waals surface area contributed by atoms with Gasteiger partial charge >= 0.3 is 10.4 Å². The Morgan fingerprint density at radius 3 is 2.09 bits per heavy atom. The largest absolute Gasteiger partial charge is 0.374 e. The molecule has 0 aliphatic carbocycles. The number of piperidine rings is 1. The molecule has 1 fully saturated rings. The van der Waals surface area contributed by atoms with Crippen molar-refractivity contribution in [2.24, 2.45) is 0 Å². The number of ketones is 1. The SMILES string of the molecule is O=C1CCN(S(=O)(=O)F)CC1. The molecule has 0 aromatic carbocycles. The molecule has 1 heterocycles. The van der Waals surface area contributed by atoms with E-state index < -0.39 is 10.4 Å². The summed E-state index contributed by atoms with van der Waals surface area (Å²) in [5.41, 5.74) is 0. The zero-order valence-corrected chi connectivity index (χ0v) is 6.60. The van der Waals surface area contributed by atoms with E-state index in [1.165, 1.54) is 0 Å². The topological polar surface area (TPSA) is 54.5 Å². The molecule has 1 aliphatic heterocycles. The first-order valence-corrected chi connectivity index (χ1v) is 4.55. The van der Waals surface area contributed by atoms with Crippen molar-refractivity contribution < 1.29 is 17.1 Å². The van der Waals surface area contributed by atoms with Crippen molar-refractivity contribution in [2.75, 3.05) is 13.1 Å². The summed E-state index contributed by atoms with van der Waals surface area (Å²) in [5, 5.41) is 0. The van der Waals surface area contributed by atoms with Crippen LogP contribution in [0.15, 0.2) is 0 Å². The summed E-state index contributed by atoms with van der Waals surface area (Å²) >= 11 is 0. The molecule has 0 bridgehead atoms. The van der Waals surface area contributed by atoms with Crippen LogP contribution in [0.4, 0.5) is 3.89 Å². The van der Waals surface area contributed by atoms with Crippen molar-refractivity contribution in [1.82, 2.24) is 4.31 Å². The minimum Gasteiger partial charge on any atom is -0.300 e. The van der Waals surface area contributed by atoms with Crippen LogP contribution in [0.1, 0.15) is 12.8 Å². The highest BCUT2D eigenvalue weighted by Gasteiger charge is 2.25. The van der Waals surface area contributed by atoms with E-state index in [2.05, 4.69) is 0 Å². The van der Waals surface area contributed by atoms with Crippen molar-refractivity contribution in [3.8, 4) is 0 Å². The Hall–Kier alpha value is -0.490. The number of rotatable bonds is 1. The van der Waals surface area contributed by atoms with E-state index in [1.807, 2.05) is 0 Å². The Kier molecular flexibility index (Phi) is 2.24. The third-order valence-corrected chi connectivity index (χ3v) is 2.57. The van der Waals surface area contributed by atoms with Gasteiger partial charge in [-0.1, -0.05) is 3.89 Å². The van der Waals surface area contributed by atoms with Gasteiger partial charge in [-0.15, -0.1) is 0 Å². The number of carbonyl (C=O) groups excluding carboxylic acids is 1. The van der Waals surface area contributed by atoms with Crippen molar-refractivity contribution in [3.63, 3.8) is 0 Å². The standard InChI is InChI=1S/C5H8FNO3S/c6-11(9,10)7-3-1-5(8)2-4-7/h1-4H2. The summed E-state index contributed by atoms with van der Waals surface area (Å²) in [5.74, 6) is -0.00935. The van der Waals surface area contributed by atoms with Crippen LogP contribution in [0.3, 0.4) is 0 Å². The maximum Gasteiger partial charge on any atom is 0.374 e. The molecule has 4 nitrogen and oxygen atoms in total. The highest BCUT2D eigenvalue weighted by Crippen LogP contribution is 2.11. The maximum atomic E-state index is 12.2. The predicted octanol–water partition coefficient (Wildman–Crippen LogP) is -0.134. The van der Waals surface area contributed by atoms with Gasteiger partial charge in [-0.05, 0) is 0 Å². The van der Waals surface area contributed by atoms with Gasteiger partial charge in [0.15, 0.2) is 0 Å². The number of halogens is 1. The van der Waals surface area contributed by atoms with E-state index >= 15 is 0 Å². The number of Topliss-reactive ketones (excluding diaryl/α,β-unsaturated/α-hetero) is 1. The molecule has 0 N–H and O–H groups in total. The summed E-state index contributed by atoms with van der Waals surface area (Å²) in [6.45, 7) is -0.0324. The predicted molar refractivity (Wildman–Crippen MR) is 35.8 cm³/mol. The number of carbonyl (C=O) groups is 1. The third kappa shape index (κ3) is 2.23. The number of hydrogen-bond acceptors (Lipinski definition) is 3. The fourth-order valence-electron chi connectivity index (χ4n) is 0.954. The second kappa shape index (κ2) is 2.86. The minimum atomic E-state index is -4.57. The summed E-state index contributed by atoms with van der Waals surface area (Å²) in [6.07, 6.45) is 0.256. The Labute approximate surface area is 64.3 Å². The fraction of sp³-hybridized carbons (Fsp3) is 0.800. The lowest BCUT2D eigenvalue weighted by molar-refractivity contribution is -0.120. The van der Waals surface area contributed by atoms with Crippen LogP contribution >= 0.6 is 0 Å². The Morgan fingerprint density at radius 1 is 1.27 bits per heavy atom. The molecule has 0 amide bonds. The molecule has 0 aromatic heterocycles. The first-order chi connectivity index (χ1) is 5.00. The van der Waals surface area contributed by atoms with Crippen molar-refractivity contribution in [2.45, 2.75) is 12.8 Å². The molecule has 1 rings (SSSR count).